The number of benzene rings is 3. The fourth-order valence-corrected chi connectivity index (χ4v) is 4.07. The Balaban J connectivity index is 1.17. The predicted molar refractivity (Wildman–Crippen MR) is 130 cm³/mol. The van der Waals surface area contributed by atoms with Crippen molar-refractivity contribution in [3.05, 3.63) is 90.5 Å². The minimum Gasteiger partial charge on any atom is -0.494 e. The number of piperidine rings is 1. The van der Waals surface area contributed by atoms with E-state index in [1.807, 2.05) is 77.7 Å². The number of likely N-dealkylation sites (tertiary alicyclic amines) is 1. The summed E-state index contributed by atoms with van der Waals surface area (Å²) in [6.45, 7) is 1.89. The zero-order valence-corrected chi connectivity index (χ0v) is 18.8. The van der Waals surface area contributed by atoms with Crippen molar-refractivity contribution in [3.63, 3.8) is 0 Å². The van der Waals surface area contributed by atoms with E-state index in [-0.39, 0.29) is 17.9 Å². The lowest BCUT2D eigenvalue weighted by molar-refractivity contribution is -0.132. The van der Waals surface area contributed by atoms with E-state index in [2.05, 4.69) is 17.4 Å². The first-order valence-corrected chi connectivity index (χ1v) is 11.6. The zero-order valence-electron chi connectivity index (χ0n) is 18.8. The molecule has 1 heterocycles. The monoisotopic (exact) mass is 442 g/mol. The molecule has 0 aliphatic carbocycles. The minimum absolute atomic E-state index is 0.0579. The summed E-state index contributed by atoms with van der Waals surface area (Å²) in [7, 11) is 0. The molecular weight excluding hydrogens is 412 g/mol. The van der Waals surface area contributed by atoms with Crippen LogP contribution in [0.5, 0.6) is 5.75 Å². The van der Waals surface area contributed by atoms with Gasteiger partial charge in [0.15, 0.2) is 0 Å². The summed E-state index contributed by atoms with van der Waals surface area (Å²) >= 11 is 0. The molecule has 33 heavy (non-hydrogen) atoms. The second-order valence-electron chi connectivity index (χ2n) is 8.34. The maximum atomic E-state index is 12.7. The van der Waals surface area contributed by atoms with Gasteiger partial charge in [0.05, 0.1) is 6.61 Å². The molecular formula is C28H30N2O3. The Morgan fingerprint density at radius 3 is 2.09 bits per heavy atom. The molecule has 1 aliphatic rings. The number of ether oxygens (including phenoxy) is 1. The van der Waals surface area contributed by atoms with E-state index in [4.69, 9.17) is 4.74 Å². The minimum atomic E-state index is -0.0579. The molecule has 0 radical (unpaired) electrons. The summed E-state index contributed by atoms with van der Waals surface area (Å²) in [6.07, 6.45) is 2.74. The van der Waals surface area contributed by atoms with Crippen LogP contribution in [-0.4, -0.2) is 42.5 Å². The second kappa shape index (κ2) is 11.3. The molecule has 0 aromatic heterocycles. The lowest BCUT2D eigenvalue weighted by atomic mass is 10.0. The Labute approximate surface area is 195 Å². The molecule has 1 N–H and O–H groups in total. The molecule has 0 bridgehead atoms. The van der Waals surface area contributed by atoms with Crippen LogP contribution in [0.1, 0.15) is 36.0 Å². The number of nitrogens with zero attached hydrogens (tertiary/aromatic N) is 1. The van der Waals surface area contributed by atoms with Crippen LogP contribution in [0.25, 0.3) is 11.1 Å². The maximum Gasteiger partial charge on any atom is 0.251 e. The molecule has 0 spiro atoms. The highest BCUT2D eigenvalue weighted by Crippen LogP contribution is 2.20. The van der Waals surface area contributed by atoms with Crippen molar-refractivity contribution in [1.82, 2.24) is 10.2 Å². The van der Waals surface area contributed by atoms with Crippen LogP contribution in [0.3, 0.4) is 0 Å². The molecule has 5 heteroatoms. The third kappa shape index (κ3) is 6.45. The van der Waals surface area contributed by atoms with E-state index in [1.54, 1.807) is 0 Å². The Bertz CT molecular complexity index is 1030. The van der Waals surface area contributed by atoms with Gasteiger partial charge in [0.1, 0.15) is 5.75 Å². The van der Waals surface area contributed by atoms with Crippen molar-refractivity contribution in [2.45, 2.75) is 31.7 Å². The number of nitrogens with one attached hydrogen (secondary N) is 1. The first kappa shape index (κ1) is 22.6. The van der Waals surface area contributed by atoms with Crippen LogP contribution in [-0.2, 0) is 4.79 Å². The van der Waals surface area contributed by atoms with Gasteiger partial charge < -0.3 is 15.0 Å². The second-order valence-corrected chi connectivity index (χ2v) is 8.34. The van der Waals surface area contributed by atoms with Crippen molar-refractivity contribution >= 4 is 11.8 Å². The van der Waals surface area contributed by atoms with Crippen LogP contribution in [0.2, 0.25) is 0 Å². The summed E-state index contributed by atoms with van der Waals surface area (Å²) in [5.74, 6) is 0.932. The summed E-state index contributed by atoms with van der Waals surface area (Å²) in [5.41, 5.74) is 2.88. The molecule has 0 atom stereocenters. The number of rotatable bonds is 8. The van der Waals surface area contributed by atoms with Gasteiger partial charge >= 0.3 is 0 Å². The Hall–Kier alpha value is -3.60. The van der Waals surface area contributed by atoms with E-state index in [1.165, 1.54) is 0 Å². The van der Waals surface area contributed by atoms with Gasteiger partial charge in [0, 0.05) is 31.1 Å². The number of carbonyl (C=O) groups excluding carboxylic acids is 2. The van der Waals surface area contributed by atoms with Crippen molar-refractivity contribution in [3.8, 4) is 16.9 Å². The fraction of sp³-hybridized carbons (Fsp3) is 0.286. The van der Waals surface area contributed by atoms with Gasteiger partial charge in [-0.2, -0.15) is 0 Å². The molecule has 1 saturated heterocycles. The lowest BCUT2D eigenvalue weighted by Gasteiger charge is -2.32. The highest BCUT2D eigenvalue weighted by molar-refractivity contribution is 5.94. The fourth-order valence-electron chi connectivity index (χ4n) is 4.07. The normalized spacial score (nSPS) is 14.0. The van der Waals surface area contributed by atoms with Gasteiger partial charge in [0.2, 0.25) is 5.91 Å². The van der Waals surface area contributed by atoms with Gasteiger partial charge in [0.25, 0.3) is 5.91 Å². The lowest BCUT2D eigenvalue weighted by Crippen LogP contribution is -2.46. The van der Waals surface area contributed by atoms with Gasteiger partial charge in [-0.15, -0.1) is 0 Å². The molecule has 0 saturated carbocycles. The summed E-state index contributed by atoms with van der Waals surface area (Å²) < 4.78 is 5.66. The smallest absolute Gasteiger partial charge is 0.251 e. The molecule has 1 fully saturated rings. The van der Waals surface area contributed by atoms with E-state index in [9.17, 15) is 9.59 Å². The third-order valence-corrected chi connectivity index (χ3v) is 5.98. The highest BCUT2D eigenvalue weighted by Gasteiger charge is 2.24. The Morgan fingerprint density at radius 1 is 0.818 bits per heavy atom. The summed E-state index contributed by atoms with van der Waals surface area (Å²) in [5, 5.41) is 3.13. The van der Waals surface area contributed by atoms with Crippen molar-refractivity contribution in [1.29, 1.82) is 0 Å². The number of amides is 2. The van der Waals surface area contributed by atoms with Crippen molar-refractivity contribution in [2.75, 3.05) is 19.7 Å². The molecule has 2 amide bonds. The molecule has 5 nitrogen and oxygen atoms in total. The number of hydrogen-bond acceptors (Lipinski definition) is 3. The van der Waals surface area contributed by atoms with E-state index >= 15 is 0 Å². The van der Waals surface area contributed by atoms with Gasteiger partial charge in [-0.1, -0.05) is 60.7 Å². The first-order valence-electron chi connectivity index (χ1n) is 11.6. The van der Waals surface area contributed by atoms with E-state index in [0.717, 1.165) is 29.7 Å². The summed E-state index contributed by atoms with van der Waals surface area (Å²) in [6, 6.07) is 27.6. The average Bonchev–Trinajstić information content (AvgIpc) is 2.88. The van der Waals surface area contributed by atoms with Crippen LogP contribution in [0, 0.1) is 0 Å². The quantitative estimate of drug-likeness (QED) is 0.503. The van der Waals surface area contributed by atoms with Gasteiger partial charge in [-0.25, -0.2) is 0 Å². The SMILES string of the molecule is O=C(NC1CCN(C(=O)CCCOc2ccccc2)CC1)c1ccc(-c2ccccc2)cc1. The number of hydrogen-bond donors (Lipinski definition) is 1. The molecule has 3 aromatic rings. The highest BCUT2D eigenvalue weighted by atomic mass is 16.5. The Morgan fingerprint density at radius 2 is 1.42 bits per heavy atom. The number of carbonyl (C=O) groups is 2. The van der Waals surface area contributed by atoms with E-state index in [0.29, 0.717) is 38.1 Å². The van der Waals surface area contributed by atoms with Crippen molar-refractivity contribution < 1.29 is 14.3 Å². The largest absolute Gasteiger partial charge is 0.494 e. The molecule has 3 aromatic carbocycles. The molecule has 170 valence electrons. The standard InChI is InChI=1S/C28H30N2O3/c31-27(12-7-21-33-26-10-5-2-6-11-26)30-19-17-25(18-20-30)29-28(32)24-15-13-23(14-16-24)22-8-3-1-4-9-22/h1-6,8-11,13-16,25H,7,12,17-21H2,(H,29,32). The third-order valence-electron chi connectivity index (χ3n) is 5.98. The molecule has 0 unspecified atom stereocenters. The molecule has 4 rings (SSSR count). The number of para-hydroxylation sites is 1. The zero-order chi connectivity index (χ0) is 22.9. The maximum absolute atomic E-state index is 12.7. The van der Waals surface area contributed by atoms with Crippen LogP contribution >= 0.6 is 0 Å². The molecule has 1 aliphatic heterocycles. The average molecular weight is 443 g/mol. The van der Waals surface area contributed by atoms with Gasteiger partial charge in [-0.3, -0.25) is 9.59 Å². The van der Waals surface area contributed by atoms with Crippen LogP contribution < -0.4 is 10.1 Å². The van der Waals surface area contributed by atoms with Crippen LogP contribution in [0.4, 0.5) is 0 Å². The van der Waals surface area contributed by atoms with Crippen molar-refractivity contribution in [2.24, 2.45) is 0 Å². The van der Waals surface area contributed by atoms with Gasteiger partial charge in [-0.05, 0) is 54.7 Å². The van der Waals surface area contributed by atoms with E-state index < -0.39 is 0 Å². The summed E-state index contributed by atoms with van der Waals surface area (Å²) in [4.78, 5) is 27.1. The topological polar surface area (TPSA) is 58.6 Å². The predicted octanol–water partition coefficient (Wildman–Crippen LogP) is 4.93. The first-order chi connectivity index (χ1) is 16.2. The van der Waals surface area contributed by atoms with Crippen LogP contribution in [0.15, 0.2) is 84.9 Å². The Kier molecular flexibility index (Phi) is 7.75.